The Morgan fingerprint density at radius 2 is 2.24 bits per heavy atom. The smallest absolute Gasteiger partial charge is 0.277 e. The number of likely N-dealkylation sites (tertiary alicyclic amines) is 1. The summed E-state index contributed by atoms with van der Waals surface area (Å²) in [6, 6.07) is 0. The van der Waals surface area contributed by atoms with Gasteiger partial charge in [0.2, 0.25) is 11.8 Å². The molecule has 2 amide bonds. The molecule has 1 heterocycles. The highest BCUT2D eigenvalue weighted by Gasteiger charge is 2.34. The first-order valence-electron chi connectivity index (χ1n) is 4.95. The van der Waals surface area contributed by atoms with E-state index in [0.717, 1.165) is 0 Å². The molecule has 1 unspecified atom stereocenters. The van der Waals surface area contributed by atoms with Crippen LogP contribution in [0.15, 0.2) is 0 Å². The Kier molecular flexibility index (Phi) is 5.77. The topological polar surface area (TPSA) is 75.4 Å². The van der Waals surface area contributed by atoms with Crippen LogP contribution >= 0.6 is 12.4 Å². The number of halogens is 3. The molecule has 1 saturated heterocycles. The summed E-state index contributed by atoms with van der Waals surface area (Å²) in [5.74, 6) is -4.30. The van der Waals surface area contributed by atoms with E-state index in [2.05, 4.69) is 5.32 Å². The molecule has 0 bridgehead atoms. The van der Waals surface area contributed by atoms with Crippen LogP contribution in [0.4, 0.5) is 8.78 Å². The van der Waals surface area contributed by atoms with E-state index in [1.54, 1.807) is 7.05 Å². The zero-order valence-corrected chi connectivity index (χ0v) is 10.2. The number of amides is 2. The normalized spacial score (nSPS) is 20.1. The third-order valence-corrected chi connectivity index (χ3v) is 2.53. The largest absolute Gasteiger partial charge is 0.350 e. The van der Waals surface area contributed by atoms with Crippen molar-refractivity contribution in [3.8, 4) is 0 Å². The van der Waals surface area contributed by atoms with Crippen molar-refractivity contribution in [2.24, 2.45) is 11.7 Å². The number of nitrogens with two attached hydrogens (primary N) is 1. The summed E-state index contributed by atoms with van der Waals surface area (Å²) in [6.45, 7) is -1.31. The van der Waals surface area contributed by atoms with Crippen LogP contribution in [-0.4, -0.2) is 49.3 Å². The van der Waals surface area contributed by atoms with Crippen molar-refractivity contribution in [1.82, 2.24) is 10.2 Å². The van der Waals surface area contributed by atoms with E-state index in [9.17, 15) is 18.4 Å². The lowest BCUT2D eigenvalue weighted by molar-refractivity contribution is -0.129. The molecule has 5 nitrogen and oxygen atoms in total. The van der Waals surface area contributed by atoms with E-state index in [0.29, 0.717) is 0 Å². The van der Waals surface area contributed by atoms with Gasteiger partial charge in [-0.15, -0.1) is 12.4 Å². The Morgan fingerprint density at radius 3 is 2.65 bits per heavy atom. The SMILES string of the molecule is CN1CC(C(=O)NCC(F)(F)CN)CC1=O.Cl. The molecular weight excluding hydrogens is 256 g/mol. The first kappa shape index (κ1) is 16.1. The van der Waals surface area contributed by atoms with E-state index in [4.69, 9.17) is 5.73 Å². The van der Waals surface area contributed by atoms with Gasteiger partial charge in [-0.3, -0.25) is 9.59 Å². The van der Waals surface area contributed by atoms with E-state index < -0.39 is 30.8 Å². The number of alkyl halides is 2. The molecule has 1 aliphatic rings. The van der Waals surface area contributed by atoms with E-state index >= 15 is 0 Å². The number of carbonyl (C=O) groups is 2. The summed E-state index contributed by atoms with van der Waals surface area (Å²) in [5.41, 5.74) is 4.83. The van der Waals surface area contributed by atoms with Gasteiger partial charge >= 0.3 is 0 Å². The van der Waals surface area contributed by atoms with Crippen molar-refractivity contribution < 1.29 is 18.4 Å². The summed E-state index contributed by atoms with van der Waals surface area (Å²) in [6.07, 6.45) is 0.0799. The number of nitrogens with one attached hydrogen (secondary N) is 1. The van der Waals surface area contributed by atoms with Gasteiger partial charge in [0.05, 0.1) is 19.0 Å². The maximum Gasteiger partial charge on any atom is 0.277 e. The van der Waals surface area contributed by atoms with Gasteiger partial charge in [-0.05, 0) is 0 Å². The Bertz CT molecular complexity index is 302. The number of nitrogens with zero attached hydrogens (tertiary/aromatic N) is 1. The second-order valence-corrected chi connectivity index (χ2v) is 3.95. The molecule has 1 atom stereocenters. The predicted octanol–water partition coefficient (Wildman–Crippen LogP) is -0.403. The lowest BCUT2D eigenvalue weighted by Crippen LogP contribution is -2.43. The summed E-state index contributed by atoms with van der Waals surface area (Å²) >= 11 is 0. The van der Waals surface area contributed by atoms with Crippen molar-refractivity contribution in [2.45, 2.75) is 12.3 Å². The van der Waals surface area contributed by atoms with Gasteiger partial charge in [0.15, 0.2) is 0 Å². The molecule has 1 aliphatic heterocycles. The van der Waals surface area contributed by atoms with Crippen molar-refractivity contribution >= 4 is 24.2 Å². The minimum absolute atomic E-state index is 0. The lowest BCUT2D eigenvalue weighted by atomic mass is 10.1. The molecule has 100 valence electrons. The first-order valence-corrected chi connectivity index (χ1v) is 4.95. The lowest BCUT2D eigenvalue weighted by Gasteiger charge is -2.16. The van der Waals surface area contributed by atoms with Crippen LogP contribution in [0.1, 0.15) is 6.42 Å². The van der Waals surface area contributed by atoms with Crippen molar-refractivity contribution in [3.05, 3.63) is 0 Å². The van der Waals surface area contributed by atoms with Gasteiger partial charge in [0, 0.05) is 20.0 Å². The second kappa shape index (κ2) is 6.11. The fraction of sp³-hybridized carbons (Fsp3) is 0.778. The molecule has 0 aromatic heterocycles. The highest BCUT2D eigenvalue weighted by Crippen LogP contribution is 2.16. The molecular formula is C9H16ClF2N3O2. The molecule has 17 heavy (non-hydrogen) atoms. The van der Waals surface area contributed by atoms with Crippen LogP contribution in [0.3, 0.4) is 0 Å². The summed E-state index contributed by atoms with van der Waals surface area (Å²) in [4.78, 5) is 24.0. The van der Waals surface area contributed by atoms with Crippen molar-refractivity contribution in [2.75, 3.05) is 26.7 Å². The second-order valence-electron chi connectivity index (χ2n) is 3.95. The van der Waals surface area contributed by atoms with Gasteiger partial charge in [-0.1, -0.05) is 0 Å². The van der Waals surface area contributed by atoms with E-state index in [1.807, 2.05) is 0 Å². The Morgan fingerprint density at radius 1 is 1.65 bits per heavy atom. The molecule has 1 fully saturated rings. The number of rotatable bonds is 4. The van der Waals surface area contributed by atoms with Crippen molar-refractivity contribution in [1.29, 1.82) is 0 Å². The maximum absolute atomic E-state index is 12.7. The summed E-state index contributed by atoms with van der Waals surface area (Å²) in [7, 11) is 1.57. The fourth-order valence-electron chi connectivity index (χ4n) is 1.47. The van der Waals surface area contributed by atoms with Gasteiger partial charge in [-0.2, -0.15) is 0 Å². The molecule has 0 saturated carbocycles. The minimum atomic E-state index is -3.09. The van der Waals surface area contributed by atoms with Crippen LogP contribution < -0.4 is 11.1 Å². The highest BCUT2D eigenvalue weighted by molar-refractivity contribution is 5.89. The van der Waals surface area contributed by atoms with Crippen LogP contribution in [0.25, 0.3) is 0 Å². The fourth-order valence-corrected chi connectivity index (χ4v) is 1.47. The standard InChI is InChI=1S/C9H15F2N3O2.ClH/c1-14-3-6(2-7(14)15)8(16)13-5-9(10,11)4-12;/h6H,2-5,12H2,1H3,(H,13,16);1H. The molecule has 0 aliphatic carbocycles. The summed E-state index contributed by atoms with van der Waals surface area (Å²) < 4.78 is 25.5. The zero-order valence-electron chi connectivity index (χ0n) is 9.41. The van der Waals surface area contributed by atoms with Crippen LogP contribution in [0.2, 0.25) is 0 Å². The molecule has 0 aromatic rings. The maximum atomic E-state index is 12.7. The average molecular weight is 272 g/mol. The van der Waals surface area contributed by atoms with E-state index in [-0.39, 0.29) is 31.3 Å². The third kappa shape index (κ3) is 4.43. The quantitative estimate of drug-likeness (QED) is 0.730. The number of carbonyl (C=O) groups excluding carboxylic acids is 2. The van der Waals surface area contributed by atoms with Crippen LogP contribution in [0, 0.1) is 5.92 Å². The Hall–Kier alpha value is -0.950. The van der Waals surface area contributed by atoms with Crippen LogP contribution in [0.5, 0.6) is 0 Å². The van der Waals surface area contributed by atoms with Gasteiger partial charge in [0.25, 0.3) is 5.92 Å². The van der Waals surface area contributed by atoms with Gasteiger partial charge < -0.3 is 16.0 Å². The molecule has 0 aromatic carbocycles. The molecule has 1 rings (SSSR count). The van der Waals surface area contributed by atoms with Crippen LogP contribution in [-0.2, 0) is 9.59 Å². The Balaban J connectivity index is 0.00000256. The minimum Gasteiger partial charge on any atom is -0.350 e. The van der Waals surface area contributed by atoms with Gasteiger partial charge in [0.1, 0.15) is 0 Å². The summed E-state index contributed by atoms with van der Waals surface area (Å²) in [5, 5.41) is 2.11. The number of hydrogen-bond donors (Lipinski definition) is 2. The monoisotopic (exact) mass is 271 g/mol. The average Bonchev–Trinajstić information content (AvgIpc) is 2.56. The predicted molar refractivity (Wildman–Crippen MR) is 60.0 cm³/mol. The molecule has 3 N–H and O–H groups in total. The molecule has 8 heteroatoms. The highest BCUT2D eigenvalue weighted by atomic mass is 35.5. The third-order valence-electron chi connectivity index (χ3n) is 2.53. The Labute approximate surface area is 104 Å². The van der Waals surface area contributed by atoms with Crippen molar-refractivity contribution in [3.63, 3.8) is 0 Å². The number of hydrogen-bond acceptors (Lipinski definition) is 3. The first-order chi connectivity index (χ1) is 7.35. The zero-order chi connectivity index (χ0) is 12.3. The molecule has 0 radical (unpaired) electrons. The molecule has 0 spiro atoms. The van der Waals surface area contributed by atoms with Gasteiger partial charge in [-0.25, -0.2) is 8.78 Å². The van der Waals surface area contributed by atoms with E-state index in [1.165, 1.54) is 4.90 Å².